The van der Waals surface area contributed by atoms with E-state index in [2.05, 4.69) is 0 Å². The molecule has 0 saturated heterocycles. The molecule has 1 heterocycles. The molecule has 0 aliphatic rings. The van der Waals surface area contributed by atoms with Crippen molar-refractivity contribution in [3.05, 3.63) is 53.5 Å². The van der Waals surface area contributed by atoms with Gasteiger partial charge in [-0.2, -0.15) is 0 Å². The van der Waals surface area contributed by atoms with Crippen LogP contribution < -0.4 is 10.5 Å². The molecule has 0 bridgehead atoms. The third kappa shape index (κ3) is 2.74. The van der Waals surface area contributed by atoms with E-state index < -0.39 is 11.9 Å². The van der Waals surface area contributed by atoms with E-state index in [1.165, 1.54) is 18.4 Å². The van der Waals surface area contributed by atoms with Crippen molar-refractivity contribution in [1.29, 1.82) is 0 Å². The van der Waals surface area contributed by atoms with Crippen molar-refractivity contribution in [3.63, 3.8) is 0 Å². The molecule has 1 aromatic heterocycles. The van der Waals surface area contributed by atoms with Crippen LogP contribution in [0, 0.1) is 0 Å². The average molecular weight is 261 g/mol. The topological polar surface area (TPSA) is 103 Å². The third-order valence-electron chi connectivity index (χ3n) is 2.49. The van der Waals surface area contributed by atoms with Gasteiger partial charge in [-0.3, -0.25) is 4.79 Å². The predicted molar refractivity (Wildman–Crippen MR) is 65.0 cm³/mol. The number of rotatable bonds is 5. The summed E-state index contributed by atoms with van der Waals surface area (Å²) in [5, 5.41) is 8.90. The SMILES string of the molecule is NC(=O)c1ccccc1OCc1occc1C(=O)O. The lowest BCUT2D eigenvalue weighted by atomic mass is 10.2. The number of furan rings is 1. The van der Waals surface area contributed by atoms with Crippen LogP contribution in [0.15, 0.2) is 41.0 Å². The Morgan fingerprint density at radius 1 is 1.21 bits per heavy atom. The molecule has 3 N–H and O–H groups in total. The molecule has 0 aliphatic heterocycles. The van der Waals surface area contributed by atoms with E-state index in [1.54, 1.807) is 18.2 Å². The van der Waals surface area contributed by atoms with E-state index in [0.717, 1.165) is 0 Å². The van der Waals surface area contributed by atoms with Crippen molar-refractivity contribution in [1.82, 2.24) is 0 Å². The van der Waals surface area contributed by atoms with Gasteiger partial charge < -0.3 is 20.0 Å². The first kappa shape index (κ1) is 12.7. The van der Waals surface area contributed by atoms with Crippen molar-refractivity contribution in [2.45, 2.75) is 6.61 Å². The van der Waals surface area contributed by atoms with Crippen LogP contribution >= 0.6 is 0 Å². The molecule has 0 radical (unpaired) electrons. The van der Waals surface area contributed by atoms with Gasteiger partial charge in [0.05, 0.1) is 11.8 Å². The first-order valence-corrected chi connectivity index (χ1v) is 5.41. The highest BCUT2D eigenvalue weighted by molar-refractivity contribution is 5.95. The van der Waals surface area contributed by atoms with Crippen LogP contribution in [0.25, 0.3) is 0 Å². The number of hydrogen-bond acceptors (Lipinski definition) is 4. The Balaban J connectivity index is 2.17. The Morgan fingerprint density at radius 2 is 1.95 bits per heavy atom. The highest BCUT2D eigenvalue weighted by atomic mass is 16.5. The second-order valence-electron chi connectivity index (χ2n) is 3.71. The van der Waals surface area contributed by atoms with E-state index in [1.807, 2.05) is 0 Å². The lowest BCUT2D eigenvalue weighted by molar-refractivity contribution is 0.0691. The maximum atomic E-state index is 11.2. The minimum atomic E-state index is -1.10. The third-order valence-corrected chi connectivity index (χ3v) is 2.49. The van der Waals surface area contributed by atoms with Crippen LogP contribution in [0.3, 0.4) is 0 Å². The molecule has 1 aromatic carbocycles. The smallest absolute Gasteiger partial charge is 0.339 e. The Morgan fingerprint density at radius 3 is 2.63 bits per heavy atom. The molecule has 0 aliphatic carbocycles. The lowest BCUT2D eigenvalue weighted by Crippen LogP contribution is -2.13. The minimum Gasteiger partial charge on any atom is -0.485 e. The van der Waals surface area contributed by atoms with Gasteiger partial charge in [-0.05, 0) is 18.2 Å². The number of hydrogen-bond donors (Lipinski definition) is 2. The van der Waals surface area contributed by atoms with E-state index >= 15 is 0 Å². The van der Waals surface area contributed by atoms with Gasteiger partial charge in [0.2, 0.25) is 0 Å². The van der Waals surface area contributed by atoms with Crippen LogP contribution in [0.4, 0.5) is 0 Å². The van der Waals surface area contributed by atoms with Gasteiger partial charge in [-0.1, -0.05) is 12.1 Å². The summed E-state index contributed by atoms with van der Waals surface area (Å²) in [5.41, 5.74) is 5.46. The van der Waals surface area contributed by atoms with Crippen LogP contribution in [-0.4, -0.2) is 17.0 Å². The number of benzene rings is 1. The molecule has 0 spiro atoms. The fourth-order valence-electron chi connectivity index (χ4n) is 1.58. The average Bonchev–Trinajstić information content (AvgIpc) is 2.85. The lowest BCUT2D eigenvalue weighted by Gasteiger charge is -2.08. The summed E-state index contributed by atoms with van der Waals surface area (Å²) >= 11 is 0. The van der Waals surface area contributed by atoms with E-state index in [0.29, 0.717) is 0 Å². The molecule has 0 fully saturated rings. The molecular formula is C13H11NO5. The van der Waals surface area contributed by atoms with Crippen molar-refractivity contribution in [2.75, 3.05) is 0 Å². The van der Waals surface area contributed by atoms with Crippen LogP contribution in [0.2, 0.25) is 0 Å². The zero-order valence-electron chi connectivity index (χ0n) is 9.83. The Bertz CT molecular complexity index is 617. The predicted octanol–water partition coefficient (Wildman–Crippen LogP) is 1.66. The number of carbonyl (C=O) groups excluding carboxylic acids is 1. The zero-order chi connectivity index (χ0) is 13.8. The van der Waals surface area contributed by atoms with Gasteiger partial charge in [-0.15, -0.1) is 0 Å². The van der Waals surface area contributed by atoms with Gasteiger partial charge >= 0.3 is 5.97 Å². The second-order valence-corrected chi connectivity index (χ2v) is 3.71. The van der Waals surface area contributed by atoms with Crippen LogP contribution in [0.5, 0.6) is 5.75 Å². The van der Waals surface area contributed by atoms with Gasteiger partial charge in [0.15, 0.2) is 5.76 Å². The number of carboxylic acids is 1. The fourth-order valence-corrected chi connectivity index (χ4v) is 1.58. The Labute approximate surface area is 108 Å². The molecule has 6 nitrogen and oxygen atoms in total. The molecular weight excluding hydrogens is 250 g/mol. The molecule has 1 amide bonds. The van der Waals surface area contributed by atoms with E-state index in [4.69, 9.17) is 20.0 Å². The summed E-state index contributed by atoms with van der Waals surface area (Å²) < 4.78 is 10.4. The highest BCUT2D eigenvalue weighted by Crippen LogP contribution is 2.20. The summed E-state index contributed by atoms with van der Waals surface area (Å²) in [5.74, 6) is -1.27. The summed E-state index contributed by atoms with van der Waals surface area (Å²) in [6.07, 6.45) is 1.27. The monoisotopic (exact) mass is 261 g/mol. The molecule has 98 valence electrons. The number of amides is 1. The van der Waals surface area contributed by atoms with Crippen molar-refractivity contribution < 1.29 is 23.8 Å². The summed E-state index contributed by atoms with van der Waals surface area (Å²) in [6, 6.07) is 7.77. The maximum absolute atomic E-state index is 11.2. The van der Waals surface area contributed by atoms with Gasteiger partial charge in [0.1, 0.15) is 17.9 Å². The number of aromatic carboxylic acids is 1. The standard InChI is InChI=1S/C13H11NO5/c14-12(15)8-3-1-2-4-10(8)19-7-11-9(13(16)17)5-6-18-11/h1-6H,7H2,(H2,14,15)(H,16,17). The first-order valence-electron chi connectivity index (χ1n) is 5.41. The summed E-state index contributed by atoms with van der Waals surface area (Å²) in [6.45, 7) is -0.0983. The zero-order valence-corrected chi connectivity index (χ0v) is 9.83. The van der Waals surface area contributed by atoms with Crippen molar-refractivity contribution in [2.24, 2.45) is 5.73 Å². The van der Waals surface area contributed by atoms with Gasteiger partial charge in [0, 0.05) is 0 Å². The van der Waals surface area contributed by atoms with Crippen LogP contribution in [0.1, 0.15) is 26.5 Å². The molecule has 19 heavy (non-hydrogen) atoms. The van der Waals surface area contributed by atoms with Crippen molar-refractivity contribution in [3.8, 4) is 5.75 Å². The summed E-state index contributed by atoms with van der Waals surface area (Å²) in [7, 11) is 0. The molecule has 0 unspecified atom stereocenters. The first-order chi connectivity index (χ1) is 9.09. The summed E-state index contributed by atoms with van der Waals surface area (Å²) in [4.78, 5) is 22.1. The van der Waals surface area contributed by atoms with Gasteiger partial charge in [0.25, 0.3) is 5.91 Å². The normalized spacial score (nSPS) is 10.1. The number of carboxylic acid groups (broad SMARTS) is 1. The second kappa shape index (κ2) is 5.26. The number of nitrogens with two attached hydrogens (primary N) is 1. The molecule has 0 atom stereocenters. The fraction of sp³-hybridized carbons (Fsp3) is 0.0769. The minimum absolute atomic E-state index is 0.0246. The van der Waals surface area contributed by atoms with Crippen LogP contribution in [-0.2, 0) is 6.61 Å². The molecule has 6 heteroatoms. The van der Waals surface area contributed by atoms with E-state index in [9.17, 15) is 9.59 Å². The highest BCUT2D eigenvalue weighted by Gasteiger charge is 2.15. The van der Waals surface area contributed by atoms with E-state index in [-0.39, 0.29) is 29.2 Å². The largest absolute Gasteiger partial charge is 0.485 e. The quantitative estimate of drug-likeness (QED) is 0.851. The number of primary amides is 1. The molecule has 0 saturated carbocycles. The number of ether oxygens (including phenoxy) is 1. The molecule has 2 rings (SSSR count). The number of para-hydroxylation sites is 1. The Kier molecular flexibility index (Phi) is 3.51. The Hall–Kier alpha value is -2.76. The molecule has 2 aromatic rings. The van der Waals surface area contributed by atoms with Gasteiger partial charge in [-0.25, -0.2) is 4.79 Å². The van der Waals surface area contributed by atoms with Crippen molar-refractivity contribution >= 4 is 11.9 Å². The maximum Gasteiger partial charge on any atom is 0.339 e. The number of carbonyl (C=O) groups is 2.